The van der Waals surface area contributed by atoms with Crippen LogP contribution in [0.25, 0.3) is 0 Å². The zero-order chi connectivity index (χ0) is 19.1. The van der Waals surface area contributed by atoms with Crippen molar-refractivity contribution in [2.75, 3.05) is 32.1 Å². The number of pyridine rings is 2. The van der Waals surface area contributed by atoms with Gasteiger partial charge in [0, 0.05) is 25.5 Å². The number of amides is 1. The van der Waals surface area contributed by atoms with E-state index in [1.807, 2.05) is 18.2 Å². The molecule has 0 radical (unpaired) electrons. The van der Waals surface area contributed by atoms with Crippen LogP contribution in [-0.2, 0) is 26.1 Å². The molecule has 8 nitrogen and oxygen atoms in total. The minimum Gasteiger partial charge on any atom is -0.379 e. The molecule has 3 rings (SSSR count). The van der Waals surface area contributed by atoms with Crippen LogP contribution in [0.2, 0.25) is 0 Å². The van der Waals surface area contributed by atoms with Crippen molar-refractivity contribution in [2.24, 2.45) is 0 Å². The van der Waals surface area contributed by atoms with Crippen LogP contribution in [0, 0.1) is 0 Å². The van der Waals surface area contributed by atoms with E-state index in [0.717, 1.165) is 5.69 Å². The Morgan fingerprint density at radius 1 is 1.19 bits per heavy atom. The highest BCUT2D eigenvalue weighted by molar-refractivity contribution is 7.99. The molecule has 0 spiro atoms. The Bertz CT molecular complexity index is 854. The SMILES string of the molecule is O=C(CSc1ccc(S(=O)(=O)N2CCOCC2)cn1)NCc1ccccn1. The van der Waals surface area contributed by atoms with Crippen LogP contribution in [0.4, 0.5) is 0 Å². The Labute approximate surface area is 162 Å². The number of carbonyl (C=O) groups is 1. The number of hydrogen-bond donors (Lipinski definition) is 1. The number of rotatable bonds is 7. The second kappa shape index (κ2) is 9.27. The van der Waals surface area contributed by atoms with Crippen LogP contribution in [0.1, 0.15) is 5.69 Å². The number of sulfonamides is 1. The van der Waals surface area contributed by atoms with E-state index in [2.05, 4.69) is 15.3 Å². The van der Waals surface area contributed by atoms with Crippen LogP contribution < -0.4 is 5.32 Å². The molecule has 2 aromatic rings. The molecule has 3 heterocycles. The molecule has 10 heteroatoms. The van der Waals surface area contributed by atoms with Gasteiger partial charge >= 0.3 is 0 Å². The zero-order valence-corrected chi connectivity index (χ0v) is 16.2. The number of nitrogens with zero attached hydrogens (tertiary/aromatic N) is 3. The van der Waals surface area contributed by atoms with Gasteiger partial charge in [-0.15, -0.1) is 0 Å². The van der Waals surface area contributed by atoms with Crippen molar-refractivity contribution in [1.82, 2.24) is 19.6 Å². The molecular formula is C17H20N4O4S2. The van der Waals surface area contributed by atoms with Crippen LogP contribution in [0.15, 0.2) is 52.6 Å². The van der Waals surface area contributed by atoms with Crippen LogP contribution in [-0.4, -0.2) is 60.7 Å². The summed E-state index contributed by atoms with van der Waals surface area (Å²) < 4.78 is 31.7. The molecule has 1 N–H and O–H groups in total. The topological polar surface area (TPSA) is 101 Å². The lowest BCUT2D eigenvalue weighted by molar-refractivity contribution is -0.118. The normalized spacial score (nSPS) is 15.4. The van der Waals surface area contributed by atoms with Crippen molar-refractivity contribution in [2.45, 2.75) is 16.5 Å². The third-order valence-electron chi connectivity index (χ3n) is 3.86. The van der Waals surface area contributed by atoms with Gasteiger partial charge in [0.25, 0.3) is 0 Å². The fourth-order valence-corrected chi connectivity index (χ4v) is 4.45. The van der Waals surface area contributed by atoms with Crippen molar-refractivity contribution in [3.05, 3.63) is 48.4 Å². The fourth-order valence-electron chi connectivity index (χ4n) is 2.42. The number of nitrogens with one attached hydrogen (secondary N) is 1. The number of aromatic nitrogens is 2. The number of morpholine rings is 1. The highest BCUT2D eigenvalue weighted by Crippen LogP contribution is 2.20. The lowest BCUT2D eigenvalue weighted by Crippen LogP contribution is -2.40. The molecule has 1 aliphatic rings. The molecule has 1 aliphatic heterocycles. The monoisotopic (exact) mass is 408 g/mol. The molecule has 27 heavy (non-hydrogen) atoms. The largest absolute Gasteiger partial charge is 0.379 e. The molecule has 144 valence electrons. The number of ether oxygens (including phenoxy) is 1. The van der Waals surface area contributed by atoms with Gasteiger partial charge in [0.05, 0.1) is 36.2 Å². The van der Waals surface area contributed by atoms with Gasteiger partial charge < -0.3 is 10.1 Å². The summed E-state index contributed by atoms with van der Waals surface area (Å²) >= 11 is 1.25. The molecule has 1 amide bonds. The van der Waals surface area contributed by atoms with E-state index in [0.29, 0.717) is 37.9 Å². The zero-order valence-electron chi connectivity index (χ0n) is 14.6. The summed E-state index contributed by atoms with van der Waals surface area (Å²) in [5.74, 6) is 0.0486. The summed E-state index contributed by atoms with van der Waals surface area (Å²) in [6, 6.07) is 8.65. The molecule has 2 aromatic heterocycles. The number of hydrogen-bond acceptors (Lipinski definition) is 7. The summed E-state index contributed by atoms with van der Waals surface area (Å²) in [4.78, 5) is 20.4. The van der Waals surface area contributed by atoms with E-state index in [-0.39, 0.29) is 16.6 Å². The van der Waals surface area contributed by atoms with E-state index < -0.39 is 10.0 Å². The predicted octanol–water partition coefficient (Wildman–Crippen LogP) is 0.906. The second-order valence-corrected chi connectivity index (χ2v) is 8.67. The quantitative estimate of drug-likeness (QED) is 0.680. The second-order valence-electron chi connectivity index (χ2n) is 5.74. The lowest BCUT2D eigenvalue weighted by atomic mass is 10.3. The first kappa shape index (κ1) is 19.7. The Kier molecular flexibility index (Phi) is 6.78. The van der Waals surface area contributed by atoms with Crippen molar-refractivity contribution in [3.8, 4) is 0 Å². The van der Waals surface area contributed by atoms with Gasteiger partial charge in [-0.25, -0.2) is 13.4 Å². The van der Waals surface area contributed by atoms with Crippen LogP contribution in [0.3, 0.4) is 0 Å². The maximum atomic E-state index is 12.5. The number of carbonyl (C=O) groups excluding carboxylic acids is 1. The third kappa shape index (κ3) is 5.48. The first-order valence-corrected chi connectivity index (χ1v) is 10.8. The van der Waals surface area contributed by atoms with Crippen molar-refractivity contribution < 1.29 is 17.9 Å². The molecule has 1 saturated heterocycles. The smallest absolute Gasteiger partial charge is 0.244 e. The molecular weight excluding hydrogens is 388 g/mol. The molecule has 0 aromatic carbocycles. The first-order chi connectivity index (χ1) is 13.1. The third-order valence-corrected chi connectivity index (χ3v) is 6.69. The molecule has 0 aliphatic carbocycles. The first-order valence-electron chi connectivity index (χ1n) is 8.39. The van der Waals surface area contributed by atoms with E-state index in [1.165, 1.54) is 28.3 Å². The summed E-state index contributed by atoms with van der Waals surface area (Å²) in [6.07, 6.45) is 3.01. The fraction of sp³-hybridized carbons (Fsp3) is 0.353. The van der Waals surface area contributed by atoms with Crippen LogP contribution >= 0.6 is 11.8 Å². The van der Waals surface area contributed by atoms with Crippen molar-refractivity contribution >= 4 is 27.7 Å². The van der Waals surface area contributed by atoms with Gasteiger partial charge in [-0.2, -0.15) is 4.31 Å². The summed E-state index contributed by atoms with van der Waals surface area (Å²) in [5.41, 5.74) is 0.784. The van der Waals surface area contributed by atoms with Gasteiger partial charge in [-0.3, -0.25) is 9.78 Å². The highest BCUT2D eigenvalue weighted by atomic mass is 32.2. The van der Waals surface area contributed by atoms with E-state index in [9.17, 15) is 13.2 Å². The van der Waals surface area contributed by atoms with Crippen molar-refractivity contribution in [3.63, 3.8) is 0 Å². The van der Waals surface area contributed by atoms with E-state index in [1.54, 1.807) is 12.3 Å². The average Bonchev–Trinajstić information content (AvgIpc) is 2.72. The lowest BCUT2D eigenvalue weighted by Gasteiger charge is -2.25. The van der Waals surface area contributed by atoms with Crippen LogP contribution in [0.5, 0.6) is 0 Å². The summed E-state index contributed by atoms with van der Waals surface area (Å²) in [6.45, 7) is 1.84. The summed E-state index contributed by atoms with van der Waals surface area (Å²) in [5, 5.41) is 3.37. The maximum Gasteiger partial charge on any atom is 0.244 e. The maximum absolute atomic E-state index is 12.5. The molecule has 0 atom stereocenters. The molecule has 1 fully saturated rings. The van der Waals surface area contributed by atoms with E-state index in [4.69, 9.17) is 4.74 Å². The Balaban J connectivity index is 1.50. The highest BCUT2D eigenvalue weighted by Gasteiger charge is 2.26. The average molecular weight is 409 g/mol. The molecule has 0 unspecified atom stereocenters. The predicted molar refractivity (Wildman–Crippen MR) is 101 cm³/mol. The molecule has 0 bridgehead atoms. The Hall–Kier alpha value is -2.01. The van der Waals surface area contributed by atoms with Gasteiger partial charge in [0.1, 0.15) is 4.90 Å². The standard InChI is InChI=1S/C17H20N4O4S2/c22-16(19-11-14-3-1-2-6-18-14)13-26-17-5-4-15(12-20-17)27(23,24)21-7-9-25-10-8-21/h1-6,12H,7-11,13H2,(H,19,22). The minimum absolute atomic E-state index is 0.141. The number of thioether (sulfide) groups is 1. The summed E-state index contributed by atoms with van der Waals surface area (Å²) in [7, 11) is -3.55. The van der Waals surface area contributed by atoms with Gasteiger partial charge in [-0.1, -0.05) is 17.8 Å². The van der Waals surface area contributed by atoms with Gasteiger partial charge in [-0.05, 0) is 24.3 Å². The minimum atomic E-state index is -3.55. The van der Waals surface area contributed by atoms with E-state index >= 15 is 0 Å². The molecule has 0 saturated carbocycles. The Morgan fingerprint density at radius 3 is 2.67 bits per heavy atom. The Morgan fingerprint density at radius 2 is 2.00 bits per heavy atom. The van der Waals surface area contributed by atoms with Gasteiger partial charge in [0.2, 0.25) is 15.9 Å². The van der Waals surface area contributed by atoms with Crippen molar-refractivity contribution in [1.29, 1.82) is 0 Å². The van der Waals surface area contributed by atoms with Gasteiger partial charge in [0.15, 0.2) is 0 Å².